The Balaban J connectivity index is 1.98. The summed E-state index contributed by atoms with van der Waals surface area (Å²) in [7, 11) is 0. The topological polar surface area (TPSA) is 29.3 Å². The van der Waals surface area contributed by atoms with Crippen molar-refractivity contribution in [2.45, 2.75) is 38.8 Å². The fourth-order valence-electron chi connectivity index (χ4n) is 2.41. The zero-order valence-corrected chi connectivity index (χ0v) is 10.2. The average Bonchev–Trinajstić information content (AvgIpc) is 2.33. The molecule has 1 saturated heterocycles. The van der Waals surface area contributed by atoms with Crippen LogP contribution in [0.15, 0.2) is 24.3 Å². The van der Waals surface area contributed by atoms with E-state index in [0.717, 1.165) is 38.9 Å². The number of hydrogen-bond acceptors (Lipinski definition) is 2. The minimum absolute atomic E-state index is 0.428. The van der Waals surface area contributed by atoms with Gasteiger partial charge in [0.1, 0.15) is 0 Å². The first kappa shape index (κ1) is 11.6. The fraction of sp³-hybridized carbons (Fsp3) is 0.571. The number of nitrogens with two attached hydrogens (primary N) is 1. The maximum atomic E-state index is 5.92. The van der Waals surface area contributed by atoms with Crippen molar-refractivity contribution in [3.05, 3.63) is 35.4 Å². The molecule has 1 aromatic rings. The summed E-state index contributed by atoms with van der Waals surface area (Å²) in [5.74, 6) is 0. The van der Waals surface area contributed by atoms with Gasteiger partial charge in [-0.25, -0.2) is 0 Å². The van der Waals surface area contributed by atoms with Crippen molar-refractivity contribution in [2.75, 3.05) is 13.1 Å². The predicted octanol–water partition coefficient (Wildman–Crippen LogP) is 2.17. The van der Waals surface area contributed by atoms with Crippen LogP contribution in [0.25, 0.3) is 0 Å². The summed E-state index contributed by atoms with van der Waals surface area (Å²) < 4.78 is 0. The van der Waals surface area contributed by atoms with E-state index in [4.69, 9.17) is 5.73 Å². The van der Waals surface area contributed by atoms with Crippen LogP contribution >= 0.6 is 0 Å². The summed E-state index contributed by atoms with van der Waals surface area (Å²) >= 11 is 0. The largest absolute Gasteiger partial charge is 0.328 e. The normalized spacial score (nSPS) is 18.9. The smallest absolute Gasteiger partial charge is 0.0236 e. The summed E-state index contributed by atoms with van der Waals surface area (Å²) in [6, 6.07) is 9.20. The molecule has 0 radical (unpaired) electrons. The highest BCUT2D eigenvalue weighted by Crippen LogP contribution is 2.16. The molecule has 0 bridgehead atoms. The van der Waals surface area contributed by atoms with Gasteiger partial charge in [0.15, 0.2) is 0 Å². The van der Waals surface area contributed by atoms with Crippen molar-refractivity contribution in [1.29, 1.82) is 0 Å². The molecule has 0 saturated carbocycles. The lowest BCUT2D eigenvalue weighted by molar-refractivity contribution is 0.205. The molecular formula is C14H22N2. The minimum Gasteiger partial charge on any atom is -0.328 e. The molecule has 0 unspecified atom stereocenters. The molecule has 88 valence electrons. The molecule has 2 N–H and O–H groups in total. The van der Waals surface area contributed by atoms with Gasteiger partial charge in [-0.3, -0.25) is 4.90 Å². The van der Waals surface area contributed by atoms with Crippen LogP contribution in [0.5, 0.6) is 0 Å². The molecule has 1 aliphatic rings. The van der Waals surface area contributed by atoms with E-state index in [1.54, 1.807) is 0 Å². The molecule has 2 heteroatoms. The molecule has 2 nitrogen and oxygen atoms in total. The summed E-state index contributed by atoms with van der Waals surface area (Å²) in [4.78, 5) is 2.53. The van der Waals surface area contributed by atoms with Crippen molar-refractivity contribution in [1.82, 2.24) is 4.90 Å². The first-order valence-corrected chi connectivity index (χ1v) is 6.34. The SMILES string of the molecule is CCc1ccccc1CN1CCC(N)CC1. The third-order valence-corrected chi connectivity index (χ3v) is 3.53. The Morgan fingerprint density at radius 2 is 1.81 bits per heavy atom. The molecule has 1 heterocycles. The number of aryl methyl sites for hydroxylation is 1. The van der Waals surface area contributed by atoms with Gasteiger partial charge in [0, 0.05) is 12.6 Å². The Hall–Kier alpha value is -0.860. The van der Waals surface area contributed by atoms with Gasteiger partial charge < -0.3 is 5.73 Å². The van der Waals surface area contributed by atoms with Crippen molar-refractivity contribution >= 4 is 0 Å². The first-order valence-electron chi connectivity index (χ1n) is 6.34. The van der Waals surface area contributed by atoms with Crippen LogP contribution < -0.4 is 5.73 Å². The Kier molecular flexibility index (Phi) is 3.97. The van der Waals surface area contributed by atoms with Gasteiger partial charge in [0.05, 0.1) is 0 Å². The molecule has 2 rings (SSSR count). The van der Waals surface area contributed by atoms with E-state index in [9.17, 15) is 0 Å². The van der Waals surface area contributed by atoms with Crippen LogP contribution in [0.2, 0.25) is 0 Å². The quantitative estimate of drug-likeness (QED) is 0.842. The lowest BCUT2D eigenvalue weighted by atomic mass is 10.0. The molecule has 1 aromatic carbocycles. The number of benzene rings is 1. The molecule has 0 aliphatic carbocycles. The zero-order valence-electron chi connectivity index (χ0n) is 10.2. The third kappa shape index (κ3) is 2.83. The van der Waals surface area contributed by atoms with E-state index in [2.05, 4.69) is 36.1 Å². The van der Waals surface area contributed by atoms with Gasteiger partial charge in [-0.15, -0.1) is 0 Å². The Labute approximate surface area is 98.4 Å². The van der Waals surface area contributed by atoms with E-state index in [0.29, 0.717) is 6.04 Å². The first-order chi connectivity index (χ1) is 7.79. The van der Waals surface area contributed by atoms with Gasteiger partial charge in [0.2, 0.25) is 0 Å². The number of likely N-dealkylation sites (tertiary alicyclic amines) is 1. The highest BCUT2D eigenvalue weighted by molar-refractivity contribution is 5.26. The maximum absolute atomic E-state index is 5.92. The third-order valence-electron chi connectivity index (χ3n) is 3.53. The number of piperidine rings is 1. The Morgan fingerprint density at radius 1 is 1.19 bits per heavy atom. The number of hydrogen-bond donors (Lipinski definition) is 1. The van der Waals surface area contributed by atoms with Gasteiger partial charge in [0.25, 0.3) is 0 Å². The predicted molar refractivity (Wildman–Crippen MR) is 68.3 cm³/mol. The number of nitrogens with zero attached hydrogens (tertiary/aromatic N) is 1. The Morgan fingerprint density at radius 3 is 2.44 bits per heavy atom. The standard InChI is InChI=1S/C14H22N2/c1-2-12-5-3-4-6-13(12)11-16-9-7-14(15)8-10-16/h3-6,14H,2,7-11,15H2,1H3. The molecule has 16 heavy (non-hydrogen) atoms. The van der Waals surface area contributed by atoms with E-state index in [-0.39, 0.29) is 0 Å². The second-order valence-electron chi connectivity index (χ2n) is 4.74. The highest BCUT2D eigenvalue weighted by atomic mass is 15.1. The summed E-state index contributed by atoms with van der Waals surface area (Å²) in [5.41, 5.74) is 8.89. The summed E-state index contributed by atoms with van der Waals surface area (Å²) in [6.07, 6.45) is 3.42. The molecular weight excluding hydrogens is 196 g/mol. The van der Waals surface area contributed by atoms with E-state index in [1.165, 1.54) is 11.1 Å². The molecule has 1 aliphatic heterocycles. The summed E-state index contributed by atoms with van der Waals surface area (Å²) in [6.45, 7) is 5.63. The highest BCUT2D eigenvalue weighted by Gasteiger charge is 2.16. The van der Waals surface area contributed by atoms with Crippen LogP contribution in [0.3, 0.4) is 0 Å². The van der Waals surface area contributed by atoms with E-state index in [1.807, 2.05) is 0 Å². The fourth-order valence-corrected chi connectivity index (χ4v) is 2.41. The van der Waals surface area contributed by atoms with E-state index >= 15 is 0 Å². The van der Waals surface area contributed by atoms with Crippen LogP contribution in [-0.4, -0.2) is 24.0 Å². The lowest BCUT2D eigenvalue weighted by Gasteiger charge is -2.30. The maximum Gasteiger partial charge on any atom is 0.0236 e. The molecule has 1 fully saturated rings. The van der Waals surface area contributed by atoms with Gasteiger partial charge in [-0.1, -0.05) is 31.2 Å². The van der Waals surface area contributed by atoms with Crippen LogP contribution in [0, 0.1) is 0 Å². The molecule has 0 spiro atoms. The van der Waals surface area contributed by atoms with Gasteiger partial charge in [-0.2, -0.15) is 0 Å². The van der Waals surface area contributed by atoms with Crippen molar-refractivity contribution < 1.29 is 0 Å². The Bertz CT molecular complexity index is 327. The van der Waals surface area contributed by atoms with Crippen molar-refractivity contribution in [3.63, 3.8) is 0 Å². The van der Waals surface area contributed by atoms with Crippen LogP contribution in [0.1, 0.15) is 30.9 Å². The van der Waals surface area contributed by atoms with Crippen molar-refractivity contribution in [3.8, 4) is 0 Å². The second-order valence-corrected chi connectivity index (χ2v) is 4.74. The van der Waals surface area contributed by atoms with Crippen molar-refractivity contribution in [2.24, 2.45) is 5.73 Å². The van der Waals surface area contributed by atoms with Gasteiger partial charge >= 0.3 is 0 Å². The zero-order chi connectivity index (χ0) is 11.4. The monoisotopic (exact) mass is 218 g/mol. The van der Waals surface area contributed by atoms with E-state index < -0.39 is 0 Å². The minimum atomic E-state index is 0.428. The average molecular weight is 218 g/mol. The number of rotatable bonds is 3. The molecule has 0 amide bonds. The lowest BCUT2D eigenvalue weighted by Crippen LogP contribution is -2.39. The molecule has 0 aromatic heterocycles. The van der Waals surface area contributed by atoms with Gasteiger partial charge in [-0.05, 0) is 43.5 Å². The summed E-state index contributed by atoms with van der Waals surface area (Å²) in [5, 5.41) is 0. The second kappa shape index (κ2) is 5.46. The van der Waals surface area contributed by atoms with Crippen LogP contribution in [0.4, 0.5) is 0 Å². The van der Waals surface area contributed by atoms with Crippen LogP contribution in [-0.2, 0) is 13.0 Å². The molecule has 0 atom stereocenters.